The standard InChI is InChI=1S/C13H11IN2O/c1-17-13-9-11(7-8-12(13)14)16-15-10-5-3-2-4-6-10/h2-9H,1H3. The van der Waals surface area contributed by atoms with E-state index in [1.54, 1.807) is 7.11 Å². The summed E-state index contributed by atoms with van der Waals surface area (Å²) in [5.74, 6) is 0.815. The molecule has 0 heterocycles. The van der Waals surface area contributed by atoms with Crippen LogP contribution in [0.5, 0.6) is 5.75 Å². The first-order chi connectivity index (χ1) is 8.29. The van der Waals surface area contributed by atoms with Gasteiger partial charge in [-0.2, -0.15) is 10.2 Å². The second-order valence-electron chi connectivity index (χ2n) is 3.35. The van der Waals surface area contributed by atoms with E-state index in [1.807, 2.05) is 48.5 Å². The van der Waals surface area contributed by atoms with Gasteiger partial charge in [0.2, 0.25) is 0 Å². The van der Waals surface area contributed by atoms with Crippen LogP contribution in [0.3, 0.4) is 0 Å². The Labute approximate surface area is 114 Å². The van der Waals surface area contributed by atoms with E-state index in [0.29, 0.717) is 0 Å². The molecule has 0 spiro atoms. The van der Waals surface area contributed by atoms with Crippen LogP contribution in [-0.4, -0.2) is 7.11 Å². The summed E-state index contributed by atoms with van der Waals surface area (Å²) in [4.78, 5) is 0. The molecule has 0 aromatic heterocycles. The summed E-state index contributed by atoms with van der Waals surface area (Å²) < 4.78 is 6.29. The van der Waals surface area contributed by atoms with Gasteiger partial charge in [-0.1, -0.05) is 18.2 Å². The molecule has 0 bridgehead atoms. The molecule has 2 aromatic rings. The van der Waals surface area contributed by atoms with E-state index in [2.05, 4.69) is 32.8 Å². The highest BCUT2D eigenvalue weighted by molar-refractivity contribution is 14.1. The summed E-state index contributed by atoms with van der Waals surface area (Å²) in [5, 5.41) is 8.32. The van der Waals surface area contributed by atoms with Crippen molar-refractivity contribution in [2.45, 2.75) is 0 Å². The Bertz CT molecular complexity index is 526. The van der Waals surface area contributed by atoms with E-state index in [9.17, 15) is 0 Å². The van der Waals surface area contributed by atoms with Crippen molar-refractivity contribution < 1.29 is 4.74 Å². The Morgan fingerprint density at radius 3 is 2.35 bits per heavy atom. The minimum atomic E-state index is 0.783. The van der Waals surface area contributed by atoms with E-state index in [-0.39, 0.29) is 0 Å². The van der Waals surface area contributed by atoms with Gasteiger partial charge in [0.1, 0.15) is 5.75 Å². The second kappa shape index (κ2) is 5.77. The molecule has 4 heteroatoms. The molecule has 0 N–H and O–H groups in total. The number of halogens is 1. The third kappa shape index (κ3) is 3.26. The van der Waals surface area contributed by atoms with Gasteiger partial charge < -0.3 is 4.74 Å². The minimum Gasteiger partial charge on any atom is -0.496 e. The number of methoxy groups -OCH3 is 1. The van der Waals surface area contributed by atoms with Crippen molar-refractivity contribution in [1.29, 1.82) is 0 Å². The van der Waals surface area contributed by atoms with Gasteiger partial charge in [-0.05, 0) is 46.9 Å². The monoisotopic (exact) mass is 338 g/mol. The number of hydrogen-bond acceptors (Lipinski definition) is 3. The summed E-state index contributed by atoms with van der Waals surface area (Å²) >= 11 is 2.22. The molecular weight excluding hydrogens is 327 g/mol. The van der Waals surface area contributed by atoms with Gasteiger partial charge in [-0.3, -0.25) is 0 Å². The predicted molar refractivity (Wildman–Crippen MR) is 76.3 cm³/mol. The van der Waals surface area contributed by atoms with Crippen molar-refractivity contribution in [3.63, 3.8) is 0 Å². The van der Waals surface area contributed by atoms with E-state index < -0.39 is 0 Å². The van der Waals surface area contributed by atoms with Gasteiger partial charge in [0.15, 0.2) is 0 Å². The molecule has 0 amide bonds. The Morgan fingerprint density at radius 1 is 0.941 bits per heavy atom. The molecule has 0 aliphatic carbocycles. The summed E-state index contributed by atoms with van der Waals surface area (Å²) in [6, 6.07) is 15.4. The first-order valence-corrected chi connectivity index (χ1v) is 6.18. The van der Waals surface area contributed by atoms with Crippen LogP contribution in [0.2, 0.25) is 0 Å². The molecule has 0 atom stereocenters. The van der Waals surface area contributed by atoms with Crippen LogP contribution in [0, 0.1) is 3.57 Å². The quantitative estimate of drug-likeness (QED) is 0.589. The van der Waals surface area contributed by atoms with Crippen molar-refractivity contribution in [2.24, 2.45) is 10.2 Å². The summed E-state index contributed by atoms with van der Waals surface area (Å²) in [5.41, 5.74) is 1.62. The number of benzene rings is 2. The fraction of sp³-hybridized carbons (Fsp3) is 0.0769. The number of hydrogen-bond donors (Lipinski definition) is 0. The summed E-state index contributed by atoms with van der Waals surface area (Å²) in [6.45, 7) is 0. The lowest BCUT2D eigenvalue weighted by atomic mass is 10.3. The van der Waals surface area contributed by atoms with Gasteiger partial charge in [0.05, 0.1) is 22.1 Å². The largest absolute Gasteiger partial charge is 0.496 e. The Morgan fingerprint density at radius 2 is 1.65 bits per heavy atom. The number of ether oxygens (including phenoxy) is 1. The lowest BCUT2D eigenvalue weighted by Gasteiger charge is -2.02. The average molecular weight is 338 g/mol. The fourth-order valence-electron chi connectivity index (χ4n) is 1.32. The molecule has 0 unspecified atom stereocenters. The first-order valence-electron chi connectivity index (χ1n) is 5.10. The van der Waals surface area contributed by atoms with Crippen LogP contribution >= 0.6 is 22.6 Å². The van der Waals surface area contributed by atoms with Gasteiger partial charge in [0, 0.05) is 6.07 Å². The first kappa shape index (κ1) is 12.0. The van der Waals surface area contributed by atoms with Crippen molar-refractivity contribution in [2.75, 3.05) is 7.11 Å². The van der Waals surface area contributed by atoms with Crippen LogP contribution in [0.15, 0.2) is 58.8 Å². The average Bonchev–Trinajstić information content (AvgIpc) is 2.39. The second-order valence-corrected chi connectivity index (χ2v) is 4.52. The zero-order valence-electron chi connectivity index (χ0n) is 9.30. The van der Waals surface area contributed by atoms with E-state index in [0.717, 1.165) is 20.7 Å². The van der Waals surface area contributed by atoms with Crippen molar-refractivity contribution in [3.8, 4) is 5.75 Å². The molecule has 2 aromatic carbocycles. The van der Waals surface area contributed by atoms with E-state index in [4.69, 9.17) is 4.74 Å². The Kier molecular flexibility index (Phi) is 4.08. The lowest BCUT2D eigenvalue weighted by Crippen LogP contribution is -1.85. The maximum absolute atomic E-state index is 5.23. The van der Waals surface area contributed by atoms with Crippen molar-refractivity contribution >= 4 is 34.0 Å². The molecule has 3 nitrogen and oxygen atoms in total. The highest BCUT2D eigenvalue weighted by atomic mass is 127. The topological polar surface area (TPSA) is 34.0 Å². The Hall–Kier alpha value is -1.43. The molecule has 0 aliphatic rings. The third-order valence-electron chi connectivity index (χ3n) is 2.17. The Balaban J connectivity index is 2.22. The van der Waals surface area contributed by atoms with Crippen molar-refractivity contribution in [3.05, 3.63) is 52.1 Å². The summed E-state index contributed by atoms with van der Waals surface area (Å²) in [6.07, 6.45) is 0. The van der Waals surface area contributed by atoms with Crippen LogP contribution in [-0.2, 0) is 0 Å². The minimum absolute atomic E-state index is 0.783. The third-order valence-corrected chi connectivity index (χ3v) is 3.06. The van der Waals surface area contributed by atoms with Crippen LogP contribution in [0.4, 0.5) is 11.4 Å². The normalized spacial score (nSPS) is 10.7. The predicted octanol–water partition coefficient (Wildman–Crippen LogP) is 4.72. The SMILES string of the molecule is COc1cc(N=Nc2ccccc2)ccc1I. The molecule has 0 saturated heterocycles. The lowest BCUT2D eigenvalue weighted by molar-refractivity contribution is 0.412. The van der Waals surface area contributed by atoms with Crippen LogP contribution in [0.25, 0.3) is 0 Å². The maximum Gasteiger partial charge on any atom is 0.134 e. The van der Waals surface area contributed by atoms with E-state index >= 15 is 0 Å². The molecule has 0 aliphatic heterocycles. The highest BCUT2D eigenvalue weighted by Crippen LogP contribution is 2.27. The zero-order valence-corrected chi connectivity index (χ0v) is 11.5. The van der Waals surface area contributed by atoms with Gasteiger partial charge in [0.25, 0.3) is 0 Å². The highest BCUT2D eigenvalue weighted by Gasteiger charge is 2.00. The fourth-order valence-corrected chi connectivity index (χ4v) is 1.88. The molecule has 0 fully saturated rings. The molecule has 0 radical (unpaired) electrons. The maximum atomic E-state index is 5.23. The summed E-state index contributed by atoms with van der Waals surface area (Å²) in [7, 11) is 1.65. The molecule has 86 valence electrons. The molecular formula is C13H11IN2O. The van der Waals surface area contributed by atoms with Gasteiger partial charge in [-0.15, -0.1) is 0 Å². The van der Waals surface area contributed by atoms with Gasteiger partial charge in [-0.25, -0.2) is 0 Å². The van der Waals surface area contributed by atoms with Crippen molar-refractivity contribution in [1.82, 2.24) is 0 Å². The molecule has 2 rings (SSSR count). The number of nitrogens with zero attached hydrogens (tertiary/aromatic N) is 2. The van der Waals surface area contributed by atoms with Crippen LogP contribution < -0.4 is 4.74 Å². The van der Waals surface area contributed by atoms with E-state index in [1.165, 1.54) is 0 Å². The molecule has 0 saturated carbocycles. The smallest absolute Gasteiger partial charge is 0.134 e. The van der Waals surface area contributed by atoms with Gasteiger partial charge >= 0.3 is 0 Å². The number of rotatable bonds is 3. The van der Waals surface area contributed by atoms with Crippen LogP contribution in [0.1, 0.15) is 0 Å². The number of azo groups is 1. The zero-order chi connectivity index (χ0) is 12.1. The molecule has 17 heavy (non-hydrogen) atoms.